The van der Waals surface area contributed by atoms with Gasteiger partial charge < -0.3 is 30.4 Å². The quantitative estimate of drug-likeness (QED) is 0.409. The van der Waals surface area contributed by atoms with Crippen LogP contribution >= 0.6 is 0 Å². The number of nitrogens with zero attached hydrogens (tertiary/aromatic N) is 3. The van der Waals surface area contributed by atoms with Gasteiger partial charge in [0.25, 0.3) is 0 Å². The van der Waals surface area contributed by atoms with Gasteiger partial charge in [-0.15, -0.1) is 0 Å². The van der Waals surface area contributed by atoms with Gasteiger partial charge in [0.05, 0.1) is 12.0 Å². The molecule has 5 rings (SSSR count). The molecule has 2 aromatic heterocycles. The molecule has 4 atom stereocenters. The van der Waals surface area contributed by atoms with Crippen molar-refractivity contribution in [1.82, 2.24) is 14.5 Å². The second-order valence-corrected chi connectivity index (χ2v) is 7.81. The van der Waals surface area contributed by atoms with E-state index in [4.69, 9.17) is 10.5 Å². The molecule has 0 bridgehead atoms. The lowest BCUT2D eigenvalue weighted by molar-refractivity contribution is -0.0948. The number of benzene rings is 2. The third-order valence-corrected chi connectivity index (χ3v) is 5.91. The summed E-state index contributed by atoms with van der Waals surface area (Å²) >= 11 is 0. The second kappa shape index (κ2) is 6.75. The molecule has 30 heavy (non-hydrogen) atoms. The van der Waals surface area contributed by atoms with E-state index >= 15 is 0 Å². The zero-order valence-electron chi connectivity index (χ0n) is 16.3. The van der Waals surface area contributed by atoms with Crippen molar-refractivity contribution in [2.45, 2.75) is 31.0 Å². The Kier molecular flexibility index (Phi) is 4.26. The molecule has 1 aliphatic rings. The number of fused-ring (bicyclic) bond motifs is 2. The summed E-state index contributed by atoms with van der Waals surface area (Å²) in [5.41, 5.74) is 6.80. The number of rotatable bonds is 3. The molecular formula is C22H22N4O4. The zero-order chi connectivity index (χ0) is 21.0. The fourth-order valence-electron chi connectivity index (χ4n) is 4.34. The van der Waals surface area contributed by atoms with E-state index in [9.17, 15) is 15.3 Å². The van der Waals surface area contributed by atoms with Crippen LogP contribution in [0, 0.1) is 0 Å². The molecule has 1 saturated heterocycles. The standard InChI is InChI=1S/C22H22N4O4/c1-22(29)18(28)16(10-27)30-21(22)26-9-15(17-19(23)24-11-25-20(17)26)14-8-4-6-12-5-2-3-7-13(12)14/h2-9,11,16,18,21,27-29H,10H2,1H3,(H2,23,24,25)/t16-,18?,21-,22-/m1/s1. The van der Waals surface area contributed by atoms with E-state index in [0.29, 0.717) is 16.9 Å². The Hall–Kier alpha value is -3.04. The molecule has 154 valence electrons. The van der Waals surface area contributed by atoms with E-state index in [0.717, 1.165) is 21.9 Å². The van der Waals surface area contributed by atoms with Crippen molar-refractivity contribution in [3.8, 4) is 11.1 Å². The first-order valence-electron chi connectivity index (χ1n) is 9.69. The number of ether oxygens (including phenoxy) is 1. The van der Waals surface area contributed by atoms with Gasteiger partial charge in [0.2, 0.25) is 0 Å². The largest absolute Gasteiger partial charge is 0.394 e. The molecule has 0 amide bonds. The lowest BCUT2D eigenvalue weighted by atomic mass is 9.96. The number of aromatic nitrogens is 3. The molecule has 0 saturated carbocycles. The molecule has 3 heterocycles. The van der Waals surface area contributed by atoms with Crippen LogP contribution in [0.15, 0.2) is 55.0 Å². The van der Waals surface area contributed by atoms with Crippen molar-refractivity contribution in [3.63, 3.8) is 0 Å². The number of nitrogens with two attached hydrogens (primary N) is 1. The molecule has 5 N–H and O–H groups in total. The Morgan fingerprint density at radius 3 is 2.67 bits per heavy atom. The third kappa shape index (κ3) is 2.62. The summed E-state index contributed by atoms with van der Waals surface area (Å²) in [5, 5.41) is 33.7. The number of hydrogen-bond acceptors (Lipinski definition) is 7. The average Bonchev–Trinajstić information content (AvgIpc) is 3.23. The molecule has 8 nitrogen and oxygen atoms in total. The molecule has 4 aromatic rings. The topological polar surface area (TPSA) is 127 Å². The van der Waals surface area contributed by atoms with E-state index in [2.05, 4.69) is 9.97 Å². The minimum Gasteiger partial charge on any atom is -0.394 e. The molecular weight excluding hydrogens is 384 g/mol. The predicted octanol–water partition coefficient (Wildman–Crippen LogP) is 1.84. The number of aliphatic hydroxyl groups is 3. The minimum atomic E-state index is -1.64. The Balaban J connectivity index is 1.78. The Morgan fingerprint density at radius 1 is 1.13 bits per heavy atom. The summed E-state index contributed by atoms with van der Waals surface area (Å²) in [6.45, 7) is 1.06. The number of nitrogen functional groups attached to an aromatic ring is 1. The van der Waals surface area contributed by atoms with Gasteiger partial charge >= 0.3 is 0 Å². The van der Waals surface area contributed by atoms with E-state index in [1.165, 1.54) is 13.3 Å². The summed E-state index contributed by atoms with van der Waals surface area (Å²) < 4.78 is 7.48. The van der Waals surface area contributed by atoms with E-state index in [1.807, 2.05) is 48.7 Å². The normalized spacial score (nSPS) is 26.6. The van der Waals surface area contributed by atoms with E-state index in [1.54, 1.807) is 4.57 Å². The Labute approximate surface area is 172 Å². The van der Waals surface area contributed by atoms with Gasteiger partial charge in [-0.25, -0.2) is 9.97 Å². The average molecular weight is 406 g/mol. The van der Waals surface area contributed by atoms with Crippen molar-refractivity contribution >= 4 is 27.6 Å². The highest BCUT2D eigenvalue weighted by molar-refractivity contribution is 6.07. The van der Waals surface area contributed by atoms with E-state index in [-0.39, 0.29) is 0 Å². The monoisotopic (exact) mass is 406 g/mol. The molecule has 0 spiro atoms. The van der Waals surface area contributed by atoms with Gasteiger partial charge in [-0.3, -0.25) is 0 Å². The first kappa shape index (κ1) is 19.0. The molecule has 1 fully saturated rings. The van der Waals surface area contributed by atoms with Crippen molar-refractivity contribution < 1.29 is 20.1 Å². The maximum absolute atomic E-state index is 11.0. The van der Waals surface area contributed by atoms with Gasteiger partial charge in [-0.1, -0.05) is 42.5 Å². The predicted molar refractivity (Wildman–Crippen MR) is 113 cm³/mol. The van der Waals surface area contributed by atoms with Crippen molar-refractivity contribution in [3.05, 3.63) is 55.0 Å². The van der Waals surface area contributed by atoms with Crippen LogP contribution < -0.4 is 5.73 Å². The van der Waals surface area contributed by atoms with Crippen LogP contribution in [0.5, 0.6) is 0 Å². The van der Waals surface area contributed by atoms with Gasteiger partial charge in [-0.2, -0.15) is 0 Å². The highest BCUT2D eigenvalue weighted by Gasteiger charge is 2.53. The van der Waals surface area contributed by atoms with Crippen LogP contribution in [0.25, 0.3) is 32.9 Å². The molecule has 1 unspecified atom stereocenters. The van der Waals surface area contributed by atoms with Crippen LogP contribution in [-0.2, 0) is 4.74 Å². The maximum atomic E-state index is 11.0. The summed E-state index contributed by atoms with van der Waals surface area (Å²) in [6.07, 6.45) is 0.0197. The maximum Gasteiger partial charge on any atom is 0.167 e. The van der Waals surface area contributed by atoms with Crippen LogP contribution in [0.3, 0.4) is 0 Å². The third-order valence-electron chi connectivity index (χ3n) is 5.91. The summed E-state index contributed by atoms with van der Waals surface area (Å²) in [7, 11) is 0. The summed E-state index contributed by atoms with van der Waals surface area (Å²) in [4.78, 5) is 8.55. The first-order chi connectivity index (χ1) is 14.4. The molecule has 0 aliphatic carbocycles. The van der Waals surface area contributed by atoms with Gasteiger partial charge in [-0.05, 0) is 23.3 Å². The second-order valence-electron chi connectivity index (χ2n) is 7.81. The van der Waals surface area contributed by atoms with Crippen molar-refractivity contribution in [2.24, 2.45) is 0 Å². The highest BCUT2D eigenvalue weighted by atomic mass is 16.6. The van der Waals surface area contributed by atoms with Gasteiger partial charge in [0.1, 0.15) is 35.6 Å². The van der Waals surface area contributed by atoms with Crippen LogP contribution in [-0.4, -0.2) is 54.3 Å². The van der Waals surface area contributed by atoms with Crippen molar-refractivity contribution in [1.29, 1.82) is 0 Å². The van der Waals surface area contributed by atoms with Crippen molar-refractivity contribution in [2.75, 3.05) is 12.3 Å². The smallest absolute Gasteiger partial charge is 0.167 e. The first-order valence-corrected chi connectivity index (χ1v) is 9.69. The SMILES string of the molecule is C[C@@]1(O)C(O)[C@@H](CO)O[C@H]1n1cc(-c2cccc3ccccc23)c2c(N)ncnc21. The minimum absolute atomic E-state index is 0.304. The number of aliphatic hydroxyl groups excluding tert-OH is 2. The van der Waals surface area contributed by atoms with E-state index < -0.39 is 30.6 Å². The van der Waals surface area contributed by atoms with Gasteiger partial charge in [0, 0.05) is 11.8 Å². The molecule has 2 aromatic carbocycles. The lowest BCUT2D eigenvalue weighted by Crippen LogP contribution is -2.44. The Morgan fingerprint density at radius 2 is 1.90 bits per heavy atom. The molecule has 8 heteroatoms. The summed E-state index contributed by atoms with van der Waals surface area (Å²) in [6, 6.07) is 14.0. The Bertz CT molecular complexity index is 1250. The fraction of sp³-hybridized carbons (Fsp3) is 0.273. The van der Waals surface area contributed by atoms with Crippen LogP contribution in [0.1, 0.15) is 13.2 Å². The van der Waals surface area contributed by atoms with Crippen LogP contribution in [0.2, 0.25) is 0 Å². The lowest BCUT2D eigenvalue weighted by Gasteiger charge is -2.27. The van der Waals surface area contributed by atoms with Gasteiger partial charge in [0.15, 0.2) is 6.23 Å². The number of anilines is 1. The molecule has 1 aliphatic heterocycles. The zero-order valence-corrected chi connectivity index (χ0v) is 16.3. The summed E-state index contributed by atoms with van der Waals surface area (Å²) in [5.74, 6) is 0.304. The number of hydrogen-bond donors (Lipinski definition) is 4. The molecule has 0 radical (unpaired) electrons. The van der Waals surface area contributed by atoms with Crippen LogP contribution in [0.4, 0.5) is 5.82 Å². The highest BCUT2D eigenvalue weighted by Crippen LogP contribution is 2.43. The fourth-order valence-corrected chi connectivity index (χ4v) is 4.34.